The first-order valence-electron chi connectivity index (χ1n) is 7.98. The molecule has 8 heteroatoms. The van der Waals surface area contributed by atoms with Crippen LogP contribution < -0.4 is 9.84 Å². The molecule has 0 aliphatic carbocycles. The van der Waals surface area contributed by atoms with Gasteiger partial charge in [-0.3, -0.25) is 10.1 Å². The van der Waals surface area contributed by atoms with Gasteiger partial charge in [-0.25, -0.2) is 4.59 Å². The molecule has 2 aromatic carbocycles. The number of non-ortho nitro benzene ring substituents is 1. The van der Waals surface area contributed by atoms with E-state index in [0.29, 0.717) is 5.75 Å². The van der Waals surface area contributed by atoms with E-state index in [2.05, 4.69) is 5.10 Å². The van der Waals surface area contributed by atoms with Gasteiger partial charge in [-0.1, -0.05) is 23.3 Å². The predicted octanol–water partition coefficient (Wildman–Crippen LogP) is 1.13. The molecule has 2 rings (SSSR count). The van der Waals surface area contributed by atoms with Crippen molar-refractivity contribution in [2.75, 3.05) is 27.2 Å². The number of likely N-dealkylation sites (N-methyl/N-ethyl adjacent to an activating group) is 1. The summed E-state index contributed by atoms with van der Waals surface area (Å²) in [6.45, 7) is 0.249. The molecule has 0 radical (unpaired) electrons. The molecule has 0 aliphatic heterocycles. The quantitative estimate of drug-likeness (QED) is 0.250. The summed E-state index contributed by atoms with van der Waals surface area (Å²) in [5.74, 6) is 0.136. The first kappa shape index (κ1) is 19.4. The normalized spacial score (nSPS) is 13.3. The van der Waals surface area contributed by atoms with Crippen LogP contribution in [-0.2, 0) is 0 Å². The number of rotatable bonds is 8. The first-order valence-corrected chi connectivity index (χ1v) is 7.98. The second kappa shape index (κ2) is 8.41. The van der Waals surface area contributed by atoms with Crippen LogP contribution in [0.25, 0.3) is 0 Å². The number of ether oxygens (including phenoxy) is 1. The number of hydrogen-bond donors (Lipinski definition) is 1. The molecule has 0 saturated heterocycles. The highest BCUT2D eigenvalue weighted by molar-refractivity contribution is 5.90. The van der Waals surface area contributed by atoms with E-state index in [1.807, 2.05) is 18.2 Å². The van der Waals surface area contributed by atoms with E-state index >= 15 is 0 Å². The molecule has 1 N–H and O–H groups in total. The molecule has 26 heavy (non-hydrogen) atoms. The summed E-state index contributed by atoms with van der Waals surface area (Å²) in [6, 6.07) is 14.3. The molecule has 1 atom stereocenters. The molecule has 0 amide bonds. The zero-order valence-electron chi connectivity index (χ0n) is 14.6. The van der Waals surface area contributed by atoms with Crippen LogP contribution in [-0.4, -0.2) is 53.9 Å². The van der Waals surface area contributed by atoms with Gasteiger partial charge in [0, 0.05) is 12.1 Å². The van der Waals surface area contributed by atoms with Gasteiger partial charge in [0.25, 0.3) is 5.69 Å². The highest BCUT2D eigenvalue weighted by atomic mass is 16.6. The van der Waals surface area contributed by atoms with Crippen molar-refractivity contribution in [3.63, 3.8) is 0 Å². The largest absolute Gasteiger partial charge is 0.855 e. The molecular weight excluding hydrogens is 338 g/mol. The number of nitrogens with zero attached hydrogens (tertiary/aromatic N) is 3. The fourth-order valence-electron chi connectivity index (χ4n) is 2.35. The van der Waals surface area contributed by atoms with E-state index in [0.717, 1.165) is 0 Å². The molecule has 0 heterocycles. The molecule has 0 spiro atoms. The molecule has 8 nitrogen and oxygen atoms in total. The maximum Gasteiger partial charge on any atom is 0.269 e. The monoisotopic (exact) mass is 359 g/mol. The van der Waals surface area contributed by atoms with Crippen LogP contribution in [0.2, 0.25) is 0 Å². The van der Waals surface area contributed by atoms with Crippen molar-refractivity contribution in [3.05, 3.63) is 70.3 Å². The lowest BCUT2D eigenvalue weighted by atomic mass is 10.2. The fourth-order valence-corrected chi connectivity index (χ4v) is 2.35. The maximum absolute atomic E-state index is 12.2. The Morgan fingerprint density at radius 1 is 1.19 bits per heavy atom. The minimum Gasteiger partial charge on any atom is -0.855 e. The highest BCUT2D eigenvalue weighted by Gasteiger charge is 2.21. The molecule has 0 fully saturated rings. The van der Waals surface area contributed by atoms with Crippen molar-refractivity contribution >= 4 is 11.6 Å². The summed E-state index contributed by atoms with van der Waals surface area (Å²) in [5, 5.41) is 37.1. The van der Waals surface area contributed by atoms with Crippen molar-refractivity contribution in [2.45, 2.75) is 6.10 Å². The zero-order valence-corrected chi connectivity index (χ0v) is 14.6. The van der Waals surface area contributed by atoms with Crippen molar-refractivity contribution in [1.82, 2.24) is 0 Å². The molecule has 0 aliphatic rings. The first-order chi connectivity index (χ1) is 12.3. The summed E-state index contributed by atoms with van der Waals surface area (Å²) >= 11 is 0. The van der Waals surface area contributed by atoms with Crippen molar-refractivity contribution in [3.8, 4) is 5.75 Å². The third-order valence-electron chi connectivity index (χ3n) is 3.53. The van der Waals surface area contributed by atoms with E-state index in [-0.39, 0.29) is 29.0 Å². The van der Waals surface area contributed by atoms with Crippen LogP contribution in [0.3, 0.4) is 0 Å². The Kier molecular flexibility index (Phi) is 6.26. The molecule has 0 bridgehead atoms. The van der Waals surface area contributed by atoms with E-state index in [1.165, 1.54) is 24.3 Å². The third-order valence-corrected chi connectivity index (χ3v) is 3.53. The number of hydrogen-bond acceptors (Lipinski definition) is 6. The Labute approximate surface area is 151 Å². The number of aliphatic hydroxyl groups is 1. The summed E-state index contributed by atoms with van der Waals surface area (Å²) in [6.07, 6.45) is -0.821. The Balaban J connectivity index is 1.96. The average Bonchev–Trinajstić information content (AvgIpc) is 2.60. The SMILES string of the molecule is C[N+](C)(CC(O)COc1ccccc1)N=C([O-])c1ccc([N+](=O)[O-])cc1. The van der Waals surface area contributed by atoms with Gasteiger partial charge < -0.3 is 14.9 Å². The number of aliphatic hydroxyl groups excluding tert-OH is 1. The lowest BCUT2D eigenvalue weighted by molar-refractivity contribution is -0.901. The van der Waals surface area contributed by atoms with Crippen molar-refractivity contribution in [1.29, 1.82) is 0 Å². The zero-order chi connectivity index (χ0) is 19.2. The number of nitro groups is 1. The van der Waals surface area contributed by atoms with E-state index < -0.39 is 16.9 Å². The second-order valence-electron chi connectivity index (χ2n) is 6.29. The summed E-state index contributed by atoms with van der Waals surface area (Å²) in [5.41, 5.74) is 0.153. The molecule has 138 valence electrons. The Morgan fingerprint density at radius 3 is 2.38 bits per heavy atom. The predicted molar refractivity (Wildman–Crippen MR) is 94.6 cm³/mol. The summed E-state index contributed by atoms with van der Waals surface area (Å²) in [7, 11) is 3.35. The van der Waals surface area contributed by atoms with E-state index in [4.69, 9.17) is 4.74 Å². The molecule has 1 unspecified atom stereocenters. The molecule has 0 saturated carbocycles. The van der Waals surface area contributed by atoms with Crippen LogP contribution in [0.4, 0.5) is 5.69 Å². The number of nitro benzene ring substituents is 1. The topological polar surface area (TPSA) is 108 Å². The smallest absolute Gasteiger partial charge is 0.269 e. The molecule has 2 aromatic rings. The number of para-hydroxylation sites is 1. The maximum atomic E-state index is 12.2. The molecular formula is C18H21N3O5. The lowest BCUT2D eigenvalue weighted by Gasteiger charge is -2.27. The van der Waals surface area contributed by atoms with Crippen LogP contribution in [0.1, 0.15) is 5.56 Å². The van der Waals surface area contributed by atoms with Crippen molar-refractivity contribution in [2.24, 2.45) is 5.10 Å². The van der Waals surface area contributed by atoms with E-state index in [9.17, 15) is 20.3 Å². The standard InChI is InChI=1S/C18H21N3O5/c1-21(2,12-16(22)13-26-17-6-4-3-5-7-17)19-18(23)14-8-10-15(11-9-14)20(24)25/h3-11,16,22H,12-13H2,1-2H3. The van der Waals surface area contributed by atoms with Gasteiger partial charge in [-0.15, -0.1) is 0 Å². The van der Waals surface area contributed by atoms with Crippen molar-refractivity contribution < 1.29 is 24.5 Å². The Morgan fingerprint density at radius 2 is 1.81 bits per heavy atom. The van der Waals surface area contributed by atoms with Gasteiger partial charge in [-0.05, 0) is 29.8 Å². The van der Waals surface area contributed by atoms with Crippen LogP contribution in [0, 0.1) is 10.1 Å². The van der Waals surface area contributed by atoms with Crippen LogP contribution in [0.15, 0.2) is 59.7 Å². The van der Waals surface area contributed by atoms with Gasteiger partial charge in [-0.2, -0.15) is 0 Å². The number of quaternary nitrogens is 1. The summed E-state index contributed by atoms with van der Waals surface area (Å²) in [4.78, 5) is 10.1. The number of benzene rings is 2. The van der Waals surface area contributed by atoms with E-state index in [1.54, 1.807) is 26.2 Å². The third kappa shape index (κ3) is 5.83. The van der Waals surface area contributed by atoms with Crippen LogP contribution in [0.5, 0.6) is 5.75 Å². The molecule has 0 aromatic heterocycles. The highest BCUT2D eigenvalue weighted by Crippen LogP contribution is 2.13. The van der Waals surface area contributed by atoms with Gasteiger partial charge in [0.15, 0.2) is 0 Å². The average molecular weight is 359 g/mol. The van der Waals surface area contributed by atoms with Gasteiger partial charge in [0.2, 0.25) is 0 Å². The summed E-state index contributed by atoms with van der Waals surface area (Å²) < 4.78 is 5.39. The Bertz CT molecular complexity index is 760. The fraction of sp³-hybridized carbons (Fsp3) is 0.278. The Hall–Kier alpha value is -2.97. The minimum atomic E-state index is -0.821. The van der Waals surface area contributed by atoms with Gasteiger partial charge >= 0.3 is 0 Å². The van der Waals surface area contributed by atoms with Crippen LogP contribution >= 0.6 is 0 Å². The minimum absolute atomic E-state index is 0.0763. The second-order valence-corrected chi connectivity index (χ2v) is 6.29. The lowest BCUT2D eigenvalue weighted by Crippen LogP contribution is -2.44. The van der Waals surface area contributed by atoms with Gasteiger partial charge in [0.1, 0.15) is 25.0 Å². The van der Waals surface area contributed by atoms with Gasteiger partial charge in [0.05, 0.1) is 24.9 Å².